The Morgan fingerprint density at radius 2 is 2.07 bits per heavy atom. The third-order valence-electron chi connectivity index (χ3n) is 2.90. The number of carboxylic acid groups (broad SMARTS) is 1. The van der Waals surface area contributed by atoms with Crippen LogP contribution in [0.4, 0.5) is 0 Å². The first-order valence-electron chi connectivity index (χ1n) is 4.67. The predicted octanol–water partition coefficient (Wildman–Crippen LogP) is 1.75. The second kappa shape index (κ2) is 3.60. The number of hydrogen-bond acceptors (Lipinski definition) is 2. The van der Waals surface area contributed by atoms with E-state index in [1.807, 2.05) is 6.08 Å². The van der Waals surface area contributed by atoms with Crippen LogP contribution in [0.1, 0.15) is 6.92 Å². The molecule has 0 spiro atoms. The zero-order valence-electron chi connectivity index (χ0n) is 9.09. The molecule has 1 unspecified atom stereocenters. The summed E-state index contributed by atoms with van der Waals surface area (Å²) in [5.41, 5.74) is 0.401. The van der Waals surface area contributed by atoms with Crippen molar-refractivity contribution in [2.45, 2.75) is 25.3 Å². The maximum atomic E-state index is 10.8. The molecule has 0 fully saturated rings. The van der Waals surface area contributed by atoms with Crippen LogP contribution in [0.15, 0.2) is 23.9 Å². The van der Waals surface area contributed by atoms with Gasteiger partial charge in [-0.2, -0.15) is 0 Å². The van der Waals surface area contributed by atoms with Gasteiger partial charge in [-0.25, -0.2) is 0 Å². The van der Waals surface area contributed by atoms with Crippen LogP contribution < -0.4 is 5.32 Å². The summed E-state index contributed by atoms with van der Waals surface area (Å²) in [7, 11) is 0. The molecule has 1 aliphatic heterocycles. The van der Waals surface area contributed by atoms with Crippen LogP contribution in [-0.2, 0) is 4.79 Å². The molecule has 4 heteroatoms. The number of nitrogens with one attached hydrogen (secondary N) is 1. The first kappa shape index (κ1) is 11.6. The van der Waals surface area contributed by atoms with Gasteiger partial charge < -0.3 is 0 Å². The molecule has 3 nitrogen and oxygen atoms in total. The van der Waals surface area contributed by atoms with Crippen LogP contribution in [0.5, 0.6) is 0 Å². The molecule has 0 aromatic rings. The Morgan fingerprint density at radius 3 is 2.50 bits per heavy atom. The molecule has 0 amide bonds. The van der Waals surface area contributed by atoms with Crippen molar-refractivity contribution < 1.29 is 9.90 Å². The predicted molar refractivity (Wildman–Crippen MR) is 59.7 cm³/mol. The second-order valence-electron chi connectivity index (χ2n) is 4.83. The van der Waals surface area contributed by atoms with Crippen LogP contribution in [-0.4, -0.2) is 33.0 Å². The summed E-state index contributed by atoms with van der Waals surface area (Å²) < 4.78 is -0.100. The molecule has 0 saturated carbocycles. The van der Waals surface area contributed by atoms with E-state index in [4.69, 9.17) is 5.11 Å². The Labute approximate surface area is 88.8 Å². The fourth-order valence-corrected chi connectivity index (χ4v) is 4.42. The van der Waals surface area contributed by atoms with Gasteiger partial charge in [0.2, 0.25) is 0 Å². The van der Waals surface area contributed by atoms with Crippen molar-refractivity contribution in [2.24, 2.45) is 0 Å². The number of dihydropyridines is 1. The molecule has 1 rings (SSSR count). The molecular weight excluding hydrogens is 285 g/mol. The van der Waals surface area contributed by atoms with Crippen molar-refractivity contribution in [2.75, 3.05) is 0 Å². The van der Waals surface area contributed by atoms with Crippen molar-refractivity contribution in [3.8, 4) is 0 Å². The third-order valence-corrected chi connectivity index (χ3v) is 12.6. The molecular formula is C10H17NO2Sn. The first-order chi connectivity index (χ1) is 6.26. The SMILES string of the molecule is C[C]1([Sn]([CH3])([CH3])[CH3])C=C(C(=O)O)C=CN1. The Balaban J connectivity index is 3.06. The molecule has 0 aromatic carbocycles. The van der Waals surface area contributed by atoms with Gasteiger partial charge >= 0.3 is 88.8 Å². The van der Waals surface area contributed by atoms with Gasteiger partial charge in [0.1, 0.15) is 0 Å². The van der Waals surface area contributed by atoms with E-state index in [2.05, 4.69) is 27.1 Å². The van der Waals surface area contributed by atoms with Crippen LogP contribution in [0.25, 0.3) is 0 Å². The Bertz CT molecular complexity index is 315. The number of carbonyl (C=O) groups is 1. The molecule has 1 heterocycles. The molecule has 14 heavy (non-hydrogen) atoms. The normalized spacial score (nSPS) is 26.7. The summed E-state index contributed by atoms with van der Waals surface area (Å²) in [5.74, 6) is -0.843. The van der Waals surface area contributed by atoms with E-state index in [-0.39, 0.29) is 3.55 Å². The molecule has 0 aromatic heterocycles. The molecule has 1 atom stereocenters. The van der Waals surface area contributed by atoms with E-state index < -0.39 is 24.3 Å². The van der Waals surface area contributed by atoms with Gasteiger partial charge in [-0.05, 0) is 0 Å². The van der Waals surface area contributed by atoms with Gasteiger partial charge in [0, 0.05) is 0 Å². The molecule has 2 N–H and O–H groups in total. The van der Waals surface area contributed by atoms with E-state index in [9.17, 15) is 4.79 Å². The van der Waals surface area contributed by atoms with Crippen LogP contribution >= 0.6 is 0 Å². The van der Waals surface area contributed by atoms with Crippen LogP contribution in [0.2, 0.25) is 14.8 Å². The van der Waals surface area contributed by atoms with Crippen LogP contribution in [0, 0.1) is 0 Å². The van der Waals surface area contributed by atoms with Gasteiger partial charge in [0.15, 0.2) is 0 Å². The Morgan fingerprint density at radius 1 is 1.50 bits per heavy atom. The van der Waals surface area contributed by atoms with E-state index in [0.29, 0.717) is 5.57 Å². The van der Waals surface area contributed by atoms with Gasteiger partial charge in [0.25, 0.3) is 0 Å². The summed E-state index contributed by atoms with van der Waals surface area (Å²) in [6.07, 6.45) is 5.23. The number of carboxylic acids is 1. The summed E-state index contributed by atoms with van der Waals surface area (Å²) >= 11 is -2.21. The van der Waals surface area contributed by atoms with E-state index in [1.165, 1.54) is 0 Å². The molecule has 0 aliphatic carbocycles. The molecule has 78 valence electrons. The second-order valence-corrected chi connectivity index (χ2v) is 20.6. The zero-order valence-corrected chi connectivity index (χ0v) is 11.9. The Kier molecular flexibility index (Phi) is 2.99. The average Bonchev–Trinajstić information content (AvgIpc) is 2.02. The van der Waals surface area contributed by atoms with Crippen molar-refractivity contribution in [1.82, 2.24) is 5.32 Å². The zero-order chi connectivity index (χ0) is 11.0. The Hall–Kier alpha value is -0.451. The maximum absolute atomic E-state index is 10.8. The number of aliphatic carboxylic acids is 1. The van der Waals surface area contributed by atoms with E-state index in [0.717, 1.165) is 0 Å². The van der Waals surface area contributed by atoms with Crippen molar-refractivity contribution in [1.29, 1.82) is 0 Å². The first-order valence-corrected chi connectivity index (χ1v) is 14.7. The number of hydrogen-bond donors (Lipinski definition) is 2. The van der Waals surface area contributed by atoms with Crippen molar-refractivity contribution >= 4 is 24.3 Å². The third kappa shape index (κ3) is 2.13. The number of rotatable bonds is 2. The van der Waals surface area contributed by atoms with Crippen LogP contribution in [0.3, 0.4) is 0 Å². The summed E-state index contributed by atoms with van der Waals surface area (Å²) in [6.45, 7) is 2.09. The van der Waals surface area contributed by atoms with Gasteiger partial charge in [-0.15, -0.1) is 0 Å². The molecule has 0 bridgehead atoms. The monoisotopic (exact) mass is 303 g/mol. The minimum atomic E-state index is -2.21. The fraction of sp³-hybridized carbons (Fsp3) is 0.500. The standard InChI is InChI=1S/C7H8NO2.3CH3.Sn/c1-5-4-6(7(9)10)2-3-8-5;;;;/h2-4,8H,1H3,(H,9,10);3*1H3;. The topological polar surface area (TPSA) is 49.3 Å². The van der Waals surface area contributed by atoms with Gasteiger partial charge in [0.05, 0.1) is 0 Å². The van der Waals surface area contributed by atoms with Crippen molar-refractivity contribution in [3.63, 3.8) is 0 Å². The summed E-state index contributed by atoms with van der Waals surface area (Å²) in [4.78, 5) is 17.7. The summed E-state index contributed by atoms with van der Waals surface area (Å²) in [5, 5.41) is 12.2. The van der Waals surface area contributed by atoms with E-state index >= 15 is 0 Å². The summed E-state index contributed by atoms with van der Waals surface area (Å²) in [6, 6.07) is 0. The van der Waals surface area contributed by atoms with E-state index in [1.54, 1.807) is 12.3 Å². The van der Waals surface area contributed by atoms with Crippen molar-refractivity contribution in [3.05, 3.63) is 23.9 Å². The average molecular weight is 302 g/mol. The molecule has 0 saturated heterocycles. The minimum absolute atomic E-state index is 0.100. The molecule has 0 radical (unpaired) electrons. The van der Waals surface area contributed by atoms with Gasteiger partial charge in [-0.1, -0.05) is 0 Å². The fourth-order valence-electron chi connectivity index (χ4n) is 1.27. The van der Waals surface area contributed by atoms with Gasteiger partial charge in [-0.3, -0.25) is 0 Å². The quantitative estimate of drug-likeness (QED) is 0.764. The molecule has 1 aliphatic rings.